The summed E-state index contributed by atoms with van der Waals surface area (Å²) >= 11 is 1.64. The lowest BCUT2D eigenvalue weighted by Crippen LogP contribution is -1.86. The van der Waals surface area contributed by atoms with Gasteiger partial charge >= 0.3 is 0 Å². The van der Waals surface area contributed by atoms with Crippen molar-refractivity contribution in [2.75, 3.05) is 0 Å². The van der Waals surface area contributed by atoms with Gasteiger partial charge in [0.05, 0.1) is 28.6 Å². The van der Waals surface area contributed by atoms with Gasteiger partial charge < -0.3 is 4.98 Å². The lowest BCUT2D eigenvalue weighted by atomic mass is 10.2. The zero-order chi connectivity index (χ0) is 18.5. The molecule has 0 bridgehead atoms. The Morgan fingerprint density at radius 2 is 1.86 bits per heavy atom. The Labute approximate surface area is 161 Å². The predicted octanol–water partition coefficient (Wildman–Crippen LogP) is 4.01. The molecule has 0 fully saturated rings. The Bertz CT molecular complexity index is 1410. The highest BCUT2D eigenvalue weighted by molar-refractivity contribution is 7.08. The molecule has 8 nitrogen and oxygen atoms in total. The molecule has 0 saturated carbocycles. The number of aromatic amines is 3. The lowest BCUT2D eigenvalue weighted by Gasteiger charge is -1.97. The van der Waals surface area contributed by atoms with Crippen LogP contribution in [0, 0.1) is 0 Å². The lowest BCUT2D eigenvalue weighted by molar-refractivity contribution is 1.09. The van der Waals surface area contributed by atoms with Gasteiger partial charge in [-0.05, 0) is 29.6 Å². The molecular weight excluding hydrogens is 372 g/mol. The molecule has 134 valence electrons. The van der Waals surface area contributed by atoms with Gasteiger partial charge in [0.15, 0.2) is 11.5 Å². The third kappa shape index (κ3) is 2.26. The zero-order valence-corrected chi connectivity index (χ0v) is 15.2. The van der Waals surface area contributed by atoms with Gasteiger partial charge in [0, 0.05) is 28.9 Å². The van der Waals surface area contributed by atoms with E-state index in [2.05, 4.69) is 35.7 Å². The maximum atomic E-state index is 4.80. The van der Waals surface area contributed by atoms with E-state index >= 15 is 0 Å². The van der Waals surface area contributed by atoms with Crippen LogP contribution in [0.5, 0.6) is 0 Å². The van der Waals surface area contributed by atoms with Crippen LogP contribution in [0.25, 0.3) is 56.1 Å². The van der Waals surface area contributed by atoms with Crippen molar-refractivity contribution in [2.24, 2.45) is 0 Å². The molecular formula is C19H12N8S. The summed E-state index contributed by atoms with van der Waals surface area (Å²) in [5.41, 5.74) is 7.65. The number of thiophene rings is 1. The standard InChI is InChI=1S/C19H12N8S/c1-2-14-17(23-12(1)11-7-21-22-8-11)18(27-26-14)19-24-13-3-5-20-15(16(13)25-19)10-4-6-28-9-10/h1-9H,(H,21,22)(H,24,25)(H,26,27). The first-order valence-electron chi connectivity index (χ1n) is 8.59. The molecule has 0 radical (unpaired) electrons. The van der Waals surface area contributed by atoms with Gasteiger partial charge in [-0.1, -0.05) is 0 Å². The molecule has 6 heterocycles. The van der Waals surface area contributed by atoms with E-state index in [0.29, 0.717) is 11.5 Å². The van der Waals surface area contributed by atoms with Crippen LogP contribution in [0.3, 0.4) is 0 Å². The monoisotopic (exact) mass is 384 g/mol. The number of fused-ring (bicyclic) bond motifs is 2. The zero-order valence-electron chi connectivity index (χ0n) is 14.3. The summed E-state index contributed by atoms with van der Waals surface area (Å²) in [4.78, 5) is 17.5. The summed E-state index contributed by atoms with van der Waals surface area (Å²) in [6.07, 6.45) is 5.34. The summed E-state index contributed by atoms with van der Waals surface area (Å²) in [5.74, 6) is 0.655. The van der Waals surface area contributed by atoms with Crippen molar-refractivity contribution in [3.05, 3.63) is 53.6 Å². The largest absolute Gasteiger partial charge is 0.336 e. The number of H-pyrrole nitrogens is 3. The summed E-state index contributed by atoms with van der Waals surface area (Å²) in [5, 5.41) is 18.4. The molecule has 28 heavy (non-hydrogen) atoms. The highest BCUT2D eigenvalue weighted by atomic mass is 32.1. The first-order chi connectivity index (χ1) is 13.9. The van der Waals surface area contributed by atoms with Crippen LogP contribution in [-0.4, -0.2) is 40.3 Å². The maximum absolute atomic E-state index is 4.80. The SMILES string of the molecule is c1cc2[nH]c(-c3n[nH]c4ccc(-c5cn[nH]c5)nc34)nc2c(-c2ccsc2)n1. The summed E-state index contributed by atoms with van der Waals surface area (Å²) in [7, 11) is 0. The third-order valence-electron chi connectivity index (χ3n) is 4.62. The van der Waals surface area contributed by atoms with Crippen molar-refractivity contribution >= 4 is 33.4 Å². The highest BCUT2D eigenvalue weighted by Crippen LogP contribution is 2.31. The fourth-order valence-corrected chi connectivity index (χ4v) is 3.91. The second-order valence-electron chi connectivity index (χ2n) is 6.31. The molecule has 0 unspecified atom stereocenters. The summed E-state index contributed by atoms with van der Waals surface area (Å²) in [6.45, 7) is 0. The van der Waals surface area contributed by atoms with E-state index < -0.39 is 0 Å². The van der Waals surface area contributed by atoms with Crippen LogP contribution in [0.15, 0.2) is 53.6 Å². The van der Waals surface area contributed by atoms with E-state index in [4.69, 9.17) is 9.97 Å². The van der Waals surface area contributed by atoms with Crippen LogP contribution in [0.4, 0.5) is 0 Å². The number of aromatic nitrogens is 8. The average Bonchev–Trinajstić information content (AvgIpc) is 3.53. The second-order valence-corrected chi connectivity index (χ2v) is 7.09. The van der Waals surface area contributed by atoms with Gasteiger partial charge in [-0.3, -0.25) is 15.2 Å². The molecule has 0 spiro atoms. The van der Waals surface area contributed by atoms with E-state index in [-0.39, 0.29) is 0 Å². The van der Waals surface area contributed by atoms with Crippen LogP contribution in [0.2, 0.25) is 0 Å². The maximum Gasteiger partial charge on any atom is 0.161 e. The molecule has 9 heteroatoms. The molecule has 0 amide bonds. The van der Waals surface area contributed by atoms with Crippen LogP contribution >= 0.6 is 11.3 Å². The van der Waals surface area contributed by atoms with Gasteiger partial charge in [-0.2, -0.15) is 21.5 Å². The summed E-state index contributed by atoms with van der Waals surface area (Å²) in [6, 6.07) is 7.86. The number of nitrogens with one attached hydrogen (secondary N) is 3. The van der Waals surface area contributed by atoms with E-state index in [1.165, 1.54) is 0 Å². The molecule has 3 N–H and O–H groups in total. The fourth-order valence-electron chi connectivity index (χ4n) is 3.27. The molecule has 0 aliphatic rings. The van der Waals surface area contributed by atoms with Crippen LogP contribution in [-0.2, 0) is 0 Å². The van der Waals surface area contributed by atoms with Crippen molar-refractivity contribution in [3.63, 3.8) is 0 Å². The Kier molecular flexibility index (Phi) is 3.17. The summed E-state index contributed by atoms with van der Waals surface area (Å²) < 4.78 is 0. The number of rotatable bonds is 3. The minimum atomic E-state index is 0.655. The Morgan fingerprint density at radius 1 is 0.893 bits per heavy atom. The number of nitrogens with zero attached hydrogens (tertiary/aromatic N) is 5. The van der Waals surface area contributed by atoms with Crippen LogP contribution < -0.4 is 0 Å². The smallest absolute Gasteiger partial charge is 0.161 e. The van der Waals surface area contributed by atoms with Crippen molar-refractivity contribution < 1.29 is 0 Å². The molecule has 0 aliphatic heterocycles. The predicted molar refractivity (Wildman–Crippen MR) is 108 cm³/mol. The Balaban J connectivity index is 1.55. The highest BCUT2D eigenvalue weighted by Gasteiger charge is 2.17. The molecule has 0 aromatic carbocycles. The number of hydrogen-bond acceptors (Lipinski definition) is 6. The van der Waals surface area contributed by atoms with Gasteiger partial charge in [-0.25, -0.2) is 9.97 Å². The number of imidazole rings is 1. The van der Waals surface area contributed by atoms with Crippen molar-refractivity contribution in [1.29, 1.82) is 0 Å². The molecule has 6 aromatic heterocycles. The molecule has 6 rings (SSSR count). The fraction of sp³-hybridized carbons (Fsp3) is 0. The van der Waals surface area contributed by atoms with Gasteiger partial charge in [0.25, 0.3) is 0 Å². The van der Waals surface area contributed by atoms with Gasteiger partial charge in [-0.15, -0.1) is 0 Å². The van der Waals surface area contributed by atoms with Gasteiger partial charge in [0.2, 0.25) is 0 Å². The topological polar surface area (TPSA) is 112 Å². The minimum Gasteiger partial charge on any atom is -0.336 e. The van der Waals surface area contributed by atoms with Gasteiger partial charge in [0.1, 0.15) is 11.0 Å². The third-order valence-corrected chi connectivity index (χ3v) is 5.30. The Hall–Kier alpha value is -3.85. The van der Waals surface area contributed by atoms with E-state index in [9.17, 15) is 0 Å². The van der Waals surface area contributed by atoms with Crippen molar-refractivity contribution in [1.82, 2.24) is 40.3 Å². The Morgan fingerprint density at radius 3 is 2.71 bits per heavy atom. The van der Waals surface area contributed by atoms with E-state index in [1.807, 2.05) is 35.8 Å². The molecule has 0 saturated heterocycles. The average molecular weight is 384 g/mol. The van der Waals surface area contributed by atoms with Crippen LogP contribution in [0.1, 0.15) is 0 Å². The molecule has 0 atom stereocenters. The van der Waals surface area contributed by atoms with E-state index in [1.54, 1.807) is 23.7 Å². The molecule has 6 aromatic rings. The number of pyridine rings is 2. The quantitative estimate of drug-likeness (QED) is 0.427. The first-order valence-corrected chi connectivity index (χ1v) is 9.53. The minimum absolute atomic E-state index is 0.655. The number of hydrogen-bond donors (Lipinski definition) is 3. The van der Waals surface area contributed by atoms with Crippen molar-refractivity contribution in [3.8, 4) is 34.0 Å². The molecule has 0 aliphatic carbocycles. The second kappa shape index (κ2) is 5.83. The van der Waals surface area contributed by atoms with Crippen molar-refractivity contribution in [2.45, 2.75) is 0 Å². The first kappa shape index (κ1) is 15.2. The van der Waals surface area contributed by atoms with E-state index in [0.717, 1.165) is 44.6 Å². The normalized spacial score (nSPS) is 11.6.